The van der Waals surface area contributed by atoms with Gasteiger partial charge in [0.1, 0.15) is 27.8 Å². The van der Waals surface area contributed by atoms with E-state index in [2.05, 4.69) is 10.5 Å². The molecule has 1 atom stereocenters. The molecule has 0 bridgehead atoms. The Morgan fingerprint density at radius 3 is 2.19 bits per heavy atom. The van der Waals surface area contributed by atoms with Gasteiger partial charge in [0, 0.05) is 23.5 Å². The normalized spacial score (nSPS) is 14.1. The average molecular weight is 585 g/mol. The van der Waals surface area contributed by atoms with Gasteiger partial charge in [-0.3, -0.25) is 19.2 Å². The molecule has 0 radical (unpaired) electrons. The van der Waals surface area contributed by atoms with Crippen molar-refractivity contribution < 1.29 is 33.9 Å². The van der Waals surface area contributed by atoms with Crippen LogP contribution in [0.5, 0.6) is 5.75 Å². The first-order chi connectivity index (χ1) is 20.2. The molecule has 210 valence electrons. The molecule has 3 N–H and O–H groups in total. The van der Waals surface area contributed by atoms with E-state index in [0.29, 0.717) is 5.56 Å². The first-order valence-electron chi connectivity index (χ1n) is 12.6. The number of carbonyl (C=O) groups is 4. The summed E-state index contributed by atoms with van der Waals surface area (Å²) in [6, 6.07) is 20.8. The lowest BCUT2D eigenvalue weighted by atomic mass is 9.86. The lowest BCUT2D eigenvalue weighted by Gasteiger charge is -2.19. The number of para-hydroxylation sites is 1. The molecule has 0 aliphatic heterocycles. The second-order valence-electron chi connectivity index (χ2n) is 9.42. The van der Waals surface area contributed by atoms with Crippen molar-refractivity contribution in [2.45, 2.75) is 18.8 Å². The van der Waals surface area contributed by atoms with E-state index in [1.54, 1.807) is 60.7 Å². The summed E-state index contributed by atoms with van der Waals surface area (Å²) >= 11 is 6.09. The Bertz CT molecular complexity index is 1890. The van der Waals surface area contributed by atoms with Crippen molar-refractivity contribution in [3.63, 3.8) is 0 Å². The van der Waals surface area contributed by atoms with Crippen LogP contribution in [0.15, 0.2) is 104 Å². The molecule has 0 saturated carbocycles. The van der Waals surface area contributed by atoms with Gasteiger partial charge in [0.25, 0.3) is 5.91 Å². The Hall–Kier alpha value is -5.35. The SMILES string of the molecule is O=C(CC(=NO)C(=O)NC1=C(Cl)C(=O)c2ccccc2C1=O)CC(c1ccccc1)c1c(O)c2ccccc2oc1=O. The Balaban J connectivity index is 1.40. The van der Waals surface area contributed by atoms with Gasteiger partial charge in [-0.25, -0.2) is 4.79 Å². The summed E-state index contributed by atoms with van der Waals surface area (Å²) in [5.74, 6) is -4.51. The van der Waals surface area contributed by atoms with Crippen molar-refractivity contribution >= 4 is 51.5 Å². The van der Waals surface area contributed by atoms with Gasteiger partial charge in [-0.2, -0.15) is 0 Å². The predicted molar refractivity (Wildman–Crippen MR) is 152 cm³/mol. The lowest BCUT2D eigenvalue weighted by molar-refractivity contribution is -0.119. The van der Waals surface area contributed by atoms with Gasteiger partial charge in [0.15, 0.2) is 5.71 Å². The first kappa shape index (κ1) is 28.2. The van der Waals surface area contributed by atoms with Crippen LogP contribution in [0.4, 0.5) is 0 Å². The molecule has 5 rings (SSSR count). The summed E-state index contributed by atoms with van der Waals surface area (Å²) in [6.07, 6.45) is -1.10. The number of fused-ring (bicyclic) bond motifs is 2. The average Bonchev–Trinajstić information content (AvgIpc) is 3.00. The number of hydrogen-bond donors (Lipinski definition) is 3. The van der Waals surface area contributed by atoms with E-state index in [0.717, 1.165) is 0 Å². The molecule has 0 saturated heterocycles. The van der Waals surface area contributed by atoms with E-state index in [1.807, 2.05) is 0 Å². The van der Waals surface area contributed by atoms with Gasteiger partial charge in [-0.1, -0.05) is 83.5 Å². The molecular formula is C31H21ClN2O8. The number of benzene rings is 3. The first-order valence-corrected chi connectivity index (χ1v) is 13.0. The van der Waals surface area contributed by atoms with E-state index in [-0.39, 0.29) is 39.8 Å². The minimum Gasteiger partial charge on any atom is -0.507 e. The Morgan fingerprint density at radius 2 is 1.50 bits per heavy atom. The number of carbonyl (C=O) groups excluding carboxylic acids is 4. The maximum absolute atomic E-state index is 13.3. The van der Waals surface area contributed by atoms with Crippen LogP contribution >= 0.6 is 11.6 Å². The largest absolute Gasteiger partial charge is 0.507 e. The Kier molecular flexibility index (Phi) is 7.81. The zero-order valence-electron chi connectivity index (χ0n) is 21.7. The lowest BCUT2D eigenvalue weighted by Crippen LogP contribution is -2.37. The molecule has 11 heteroatoms. The summed E-state index contributed by atoms with van der Waals surface area (Å²) in [6.45, 7) is 0. The standard InChI is InChI=1S/C31H21ClN2O8/c32-25-26(29(38)19-11-5-4-10-18(19)28(25)37)33-30(39)22(34-41)15-17(35)14-21(16-8-2-1-3-9-16)24-27(36)20-12-6-7-13-23(20)42-31(24)40/h1-13,21,36,41H,14-15H2,(H,33,39). The molecule has 4 aromatic rings. The highest BCUT2D eigenvalue weighted by Crippen LogP contribution is 2.36. The van der Waals surface area contributed by atoms with Crippen LogP contribution in [0, 0.1) is 0 Å². The van der Waals surface area contributed by atoms with Gasteiger partial charge < -0.3 is 20.0 Å². The van der Waals surface area contributed by atoms with Crippen molar-refractivity contribution in [3.05, 3.63) is 122 Å². The van der Waals surface area contributed by atoms with Crippen LogP contribution in [0.2, 0.25) is 0 Å². The molecule has 3 aromatic carbocycles. The molecule has 1 unspecified atom stereocenters. The molecule has 0 fully saturated rings. The highest BCUT2D eigenvalue weighted by atomic mass is 35.5. The number of allylic oxidation sites excluding steroid dienone is 2. The van der Waals surface area contributed by atoms with Gasteiger partial charge in [-0.05, 0) is 17.7 Å². The van der Waals surface area contributed by atoms with Gasteiger partial charge in [-0.15, -0.1) is 0 Å². The molecule has 0 spiro atoms. The zero-order valence-corrected chi connectivity index (χ0v) is 22.4. The molecule has 1 aliphatic carbocycles. The van der Waals surface area contributed by atoms with Crippen LogP contribution in [-0.4, -0.2) is 39.3 Å². The number of rotatable bonds is 8. The molecule has 1 aromatic heterocycles. The zero-order chi connectivity index (χ0) is 30.0. The van der Waals surface area contributed by atoms with Crippen molar-refractivity contribution in [1.29, 1.82) is 0 Å². The number of oxime groups is 1. The van der Waals surface area contributed by atoms with Crippen LogP contribution < -0.4 is 10.9 Å². The fourth-order valence-electron chi connectivity index (χ4n) is 4.82. The Morgan fingerprint density at radius 1 is 0.881 bits per heavy atom. The van der Waals surface area contributed by atoms with E-state index in [4.69, 9.17) is 16.0 Å². The maximum Gasteiger partial charge on any atom is 0.343 e. The van der Waals surface area contributed by atoms with E-state index in [9.17, 15) is 34.3 Å². The molecule has 42 heavy (non-hydrogen) atoms. The van der Waals surface area contributed by atoms with E-state index < -0.39 is 57.7 Å². The number of nitrogens with one attached hydrogen (secondary N) is 1. The van der Waals surface area contributed by atoms with Gasteiger partial charge in [0.2, 0.25) is 11.6 Å². The maximum atomic E-state index is 13.3. The molecule has 10 nitrogen and oxygen atoms in total. The number of aromatic hydroxyl groups is 1. The number of hydrogen-bond acceptors (Lipinski definition) is 9. The van der Waals surface area contributed by atoms with Crippen LogP contribution in [-0.2, 0) is 9.59 Å². The van der Waals surface area contributed by atoms with Crippen molar-refractivity contribution in [1.82, 2.24) is 5.32 Å². The third kappa shape index (κ3) is 5.23. The molecule has 1 amide bonds. The number of Topliss-reactive ketones (excluding diaryl/α,β-unsaturated/α-hetero) is 3. The van der Waals surface area contributed by atoms with Crippen molar-refractivity contribution in [2.75, 3.05) is 0 Å². The number of halogens is 1. The van der Waals surface area contributed by atoms with E-state index >= 15 is 0 Å². The quantitative estimate of drug-likeness (QED) is 0.118. The van der Waals surface area contributed by atoms with Crippen molar-refractivity contribution in [3.8, 4) is 5.75 Å². The van der Waals surface area contributed by atoms with E-state index in [1.165, 1.54) is 18.2 Å². The van der Waals surface area contributed by atoms with Gasteiger partial charge in [0.05, 0.1) is 17.4 Å². The number of nitrogens with zero attached hydrogens (tertiary/aromatic N) is 1. The second-order valence-corrected chi connectivity index (χ2v) is 9.80. The monoisotopic (exact) mass is 584 g/mol. The van der Waals surface area contributed by atoms with Gasteiger partial charge >= 0.3 is 5.63 Å². The molecular weight excluding hydrogens is 564 g/mol. The molecule has 1 heterocycles. The summed E-state index contributed by atoms with van der Waals surface area (Å²) in [5.41, 5.74) is -1.40. The van der Waals surface area contributed by atoms with Crippen LogP contribution in [0.3, 0.4) is 0 Å². The summed E-state index contributed by atoms with van der Waals surface area (Å²) < 4.78 is 5.40. The predicted octanol–water partition coefficient (Wildman–Crippen LogP) is 4.46. The summed E-state index contributed by atoms with van der Waals surface area (Å²) in [4.78, 5) is 64.7. The third-order valence-corrected chi connectivity index (χ3v) is 7.21. The summed E-state index contributed by atoms with van der Waals surface area (Å²) in [5, 5.41) is 25.5. The fourth-order valence-corrected chi connectivity index (χ4v) is 5.05. The highest BCUT2D eigenvalue weighted by Gasteiger charge is 2.34. The third-order valence-electron chi connectivity index (χ3n) is 6.85. The topological polar surface area (TPSA) is 163 Å². The Labute approximate surface area is 242 Å². The van der Waals surface area contributed by atoms with Crippen LogP contribution in [0.25, 0.3) is 11.0 Å². The minimum atomic E-state index is -1.14. The smallest absolute Gasteiger partial charge is 0.343 e. The highest BCUT2D eigenvalue weighted by molar-refractivity contribution is 6.51. The fraction of sp³-hybridized carbons (Fsp3) is 0.0968. The molecule has 1 aliphatic rings. The van der Waals surface area contributed by atoms with Crippen LogP contribution in [0.1, 0.15) is 50.6 Å². The minimum absolute atomic E-state index is 0.0282. The van der Waals surface area contributed by atoms with Crippen molar-refractivity contribution in [2.24, 2.45) is 5.16 Å². The number of ketones is 3. The summed E-state index contributed by atoms with van der Waals surface area (Å²) in [7, 11) is 0. The second kappa shape index (κ2) is 11.6. The number of amides is 1.